The Balaban J connectivity index is 1.70. The van der Waals surface area contributed by atoms with E-state index in [1.807, 2.05) is 22.2 Å². The number of rotatable bonds is 5. The molecule has 1 N–H and O–H groups in total. The molecule has 3 heterocycles. The highest BCUT2D eigenvalue weighted by Crippen LogP contribution is 2.26. The van der Waals surface area contributed by atoms with Crippen LogP contribution in [0, 0.1) is 0 Å². The second-order valence-electron chi connectivity index (χ2n) is 4.24. The van der Waals surface area contributed by atoms with Crippen molar-refractivity contribution in [2.45, 2.75) is 17.3 Å². The Morgan fingerprint density at radius 1 is 1.50 bits per heavy atom. The third kappa shape index (κ3) is 3.25. The number of pyridine rings is 1. The first-order chi connectivity index (χ1) is 10.6. The summed E-state index contributed by atoms with van der Waals surface area (Å²) in [4.78, 5) is 21.1. The molecule has 3 rings (SSSR count). The zero-order valence-corrected chi connectivity index (χ0v) is 12.7. The fraction of sp³-hybridized carbons (Fsp3) is 0.154. The molecule has 0 fully saturated rings. The maximum atomic E-state index is 12.5. The number of halogens is 2. The Morgan fingerprint density at radius 2 is 2.36 bits per heavy atom. The quantitative estimate of drug-likeness (QED) is 0.725. The minimum atomic E-state index is -2.62. The highest BCUT2D eigenvalue weighted by Gasteiger charge is 2.16. The van der Waals surface area contributed by atoms with Crippen LogP contribution < -0.4 is 5.32 Å². The largest absolute Gasteiger partial charge is 0.346 e. The molecule has 0 spiro atoms. The average molecular weight is 340 g/mol. The summed E-state index contributed by atoms with van der Waals surface area (Å²) in [6, 6.07) is 3.01. The van der Waals surface area contributed by atoms with E-state index >= 15 is 0 Å². The van der Waals surface area contributed by atoms with Gasteiger partial charge in [-0.05, 0) is 23.9 Å². The number of amides is 1. The molecular formula is C13H10F2N4OS2. The second-order valence-corrected chi connectivity index (χ2v) is 6.09. The molecule has 3 aromatic rings. The first-order valence-corrected chi connectivity index (χ1v) is 7.98. The third-order valence-electron chi connectivity index (χ3n) is 2.79. The molecule has 9 heteroatoms. The Bertz CT molecular complexity index is 774. The summed E-state index contributed by atoms with van der Waals surface area (Å²) in [5.74, 6) is -3.08. The van der Waals surface area contributed by atoms with Crippen LogP contribution in [0.2, 0.25) is 0 Å². The Kier molecular flexibility index (Phi) is 4.34. The Labute approximate surface area is 132 Å². The van der Waals surface area contributed by atoms with Crippen molar-refractivity contribution in [2.24, 2.45) is 0 Å². The molecule has 0 saturated carbocycles. The SMILES string of the molecule is O=C(NCc1cn2ccsc2n1)c1cccnc1SC(F)F. The number of aromatic nitrogens is 3. The van der Waals surface area contributed by atoms with Crippen molar-refractivity contribution in [3.05, 3.63) is 47.4 Å². The van der Waals surface area contributed by atoms with E-state index in [1.165, 1.54) is 29.7 Å². The van der Waals surface area contributed by atoms with E-state index in [1.54, 1.807) is 0 Å². The van der Waals surface area contributed by atoms with Crippen molar-refractivity contribution in [1.29, 1.82) is 0 Å². The van der Waals surface area contributed by atoms with Crippen LogP contribution in [0.1, 0.15) is 16.1 Å². The molecule has 3 aromatic heterocycles. The zero-order chi connectivity index (χ0) is 15.5. The number of hydrogen-bond acceptors (Lipinski definition) is 5. The smallest absolute Gasteiger partial charge is 0.290 e. The second kappa shape index (κ2) is 6.41. The van der Waals surface area contributed by atoms with Crippen molar-refractivity contribution < 1.29 is 13.6 Å². The summed E-state index contributed by atoms with van der Waals surface area (Å²) >= 11 is 1.75. The fourth-order valence-corrected chi connectivity index (χ4v) is 3.17. The summed E-state index contributed by atoms with van der Waals surface area (Å²) in [6.45, 7) is 0.223. The van der Waals surface area contributed by atoms with Crippen molar-refractivity contribution in [3.8, 4) is 0 Å². The standard InChI is InChI=1S/C13H10F2N4OS2/c14-12(15)22-11-9(2-1-3-16-11)10(20)17-6-8-7-19-4-5-21-13(19)18-8/h1-5,7,12H,6H2,(H,17,20). The van der Waals surface area contributed by atoms with E-state index in [0.717, 1.165) is 4.96 Å². The van der Waals surface area contributed by atoms with Gasteiger partial charge in [-0.2, -0.15) is 8.78 Å². The van der Waals surface area contributed by atoms with Gasteiger partial charge in [-0.15, -0.1) is 11.3 Å². The van der Waals surface area contributed by atoms with Crippen molar-refractivity contribution >= 4 is 34.0 Å². The lowest BCUT2D eigenvalue weighted by molar-refractivity contribution is 0.0947. The summed E-state index contributed by atoms with van der Waals surface area (Å²) in [5, 5.41) is 4.60. The monoisotopic (exact) mass is 340 g/mol. The summed E-state index contributed by atoms with van der Waals surface area (Å²) in [7, 11) is 0. The molecule has 0 aliphatic carbocycles. The molecule has 0 unspecified atom stereocenters. The number of nitrogens with zero attached hydrogens (tertiary/aromatic N) is 3. The first-order valence-electron chi connectivity index (χ1n) is 6.22. The van der Waals surface area contributed by atoms with E-state index in [0.29, 0.717) is 5.69 Å². The number of thiazole rings is 1. The molecule has 0 saturated heterocycles. The molecule has 0 aliphatic rings. The van der Waals surface area contributed by atoms with Gasteiger partial charge in [0.2, 0.25) is 0 Å². The zero-order valence-electron chi connectivity index (χ0n) is 11.1. The number of carbonyl (C=O) groups is 1. The minimum absolute atomic E-state index is 0.0147. The highest BCUT2D eigenvalue weighted by atomic mass is 32.2. The van der Waals surface area contributed by atoms with E-state index < -0.39 is 11.7 Å². The molecule has 0 radical (unpaired) electrons. The predicted octanol–water partition coefficient (Wildman–Crippen LogP) is 3.04. The molecule has 22 heavy (non-hydrogen) atoms. The normalized spacial score (nSPS) is 11.2. The number of alkyl halides is 2. The maximum Gasteiger partial charge on any atom is 0.290 e. The van der Waals surface area contributed by atoms with Crippen LogP contribution >= 0.6 is 23.1 Å². The number of thioether (sulfide) groups is 1. The van der Waals surface area contributed by atoms with Crippen molar-refractivity contribution in [2.75, 3.05) is 0 Å². The van der Waals surface area contributed by atoms with Crippen LogP contribution in [0.4, 0.5) is 8.78 Å². The maximum absolute atomic E-state index is 12.5. The summed E-state index contributed by atoms with van der Waals surface area (Å²) < 4.78 is 26.8. The van der Waals surface area contributed by atoms with Crippen LogP contribution in [0.5, 0.6) is 0 Å². The van der Waals surface area contributed by atoms with E-state index in [-0.39, 0.29) is 28.9 Å². The number of fused-ring (bicyclic) bond motifs is 1. The molecule has 114 valence electrons. The van der Waals surface area contributed by atoms with Crippen LogP contribution in [-0.4, -0.2) is 26.0 Å². The number of carbonyl (C=O) groups excluding carboxylic acids is 1. The van der Waals surface area contributed by atoms with Crippen molar-refractivity contribution in [1.82, 2.24) is 19.7 Å². The van der Waals surface area contributed by atoms with Gasteiger partial charge in [0.05, 0.1) is 17.8 Å². The lowest BCUT2D eigenvalue weighted by atomic mass is 10.2. The molecule has 0 bridgehead atoms. The van der Waals surface area contributed by atoms with Crippen LogP contribution in [-0.2, 0) is 6.54 Å². The number of nitrogens with one attached hydrogen (secondary N) is 1. The number of imidazole rings is 1. The van der Waals surface area contributed by atoms with Gasteiger partial charge in [0, 0.05) is 24.0 Å². The van der Waals surface area contributed by atoms with Gasteiger partial charge in [0.1, 0.15) is 5.03 Å². The third-order valence-corrected chi connectivity index (χ3v) is 4.29. The van der Waals surface area contributed by atoms with Crippen LogP contribution in [0.3, 0.4) is 0 Å². The van der Waals surface area contributed by atoms with Gasteiger partial charge in [-0.25, -0.2) is 9.97 Å². The molecule has 0 atom stereocenters. The van der Waals surface area contributed by atoms with Gasteiger partial charge in [-0.3, -0.25) is 9.20 Å². The van der Waals surface area contributed by atoms with Crippen molar-refractivity contribution in [3.63, 3.8) is 0 Å². The van der Waals surface area contributed by atoms with Gasteiger partial charge >= 0.3 is 0 Å². The van der Waals surface area contributed by atoms with Gasteiger partial charge in [0.15, 0.2) is 4.96 Å². The van der Waals surface area contributed by atoms with Gasteiger partial charge in [0.25, 0.3) is 11.7 Å². The van der Waals surface area contributed by atoms with Crippen LogP contribution in [0.25, 0.3) is 4.96 Å². The van der Waals surface area contributed by atoms with Gasteiger partial charge in [-0.1, -0.05) is 0 Å². The van der Waals surface area contributed by atoms with Crippen LogP contribution in [0.15, 0.2) is 41.1 Å². The fourth-order valence-electron chi connectivity index (χ4n) is 1.87. The molecule has 0 aromatic carbocycles. The summed E-state index contributed by atoms with van der Waals surface area (Å²) in [5.41, 5.74) is 0.834. The lowest BCUT2D eigenvalue weighted by Crippen LogP contribution is -2.24. The highest BCUT2D eigenvalue weighted by molar-refractivity contribution is 7.99. The first kappa shape index (κ1) is 14.9. The number of hydrogen-bond donors (Lipinski definition) is 1. The Morgan fingerprint density at radius 3 is 3.14 bits per heavy atom. The molecular weight excluding hydrogens is 330 g/mol. The molecule has 5 nitrogen and oxygen atoms in total. The Hall–Kier alpha value is -2.00. The minimum Gasteiger partial charge on any atom is -0.346 e. The van der Waals surface area contributed by atoms with E-state index in [2.05, 4.69) is 15.3 Å². The average Bonchev–Trinajstić information content (AvgIpc) is 3.05. The summed E-state index contributed by atoms with van der Waals surface area (Å²) in [6.07, 6.45) is 5.06. The molecule has 0 aliphatic heterocycles. The van der Waals surface area contributed by atoms with Gasteiger partial charge < -0.3 is 5.32 Å². The molecule has 1 amide bonds. The van der Waals surface area contributed by atoms with E-state index in [9.17, 15) is 13.6 Å². The van der Waals surface area contributed by atoms with E-state index in [4.69, 9.17) is 0 Å². The predicted molar refractivity (Wildman–Crippen MR) is 80.3 cm³/mol. The topological polar surface area (TPSA) is 59.3 Å². The lowest BCUT2D eigenvalue weighted by Gasteiger charge is -2.07.